The van der Waals surface area contributed by atoms with Crippen molar-refractivity contribution >= 4 is 11.8 Å². The van der Waals surface area contributed by atoms with Gasteiger partial charge in [-0.15, -0.1) is 0 Å². The van der Waals surface area contributed by atoms with E-state index >= 15 is 0 Å². The van der Waals surface area contributed by atoms with Crippen molar-refractivity contribution in [3.63, 3.8) is 0 Å². The van der Waals surface area contributed by atoms with Crippen LogP contribution in [0.15, 0.2) is 0 Å². The molecule has 2 amide bonds. The molecule has 0 aliphatic rings. The first-order chi connectivity index (χ1) is 10.8. The lowest BCUT2D eigenvalue weighted by Crippen LogP contribution is -2.42. The summed E-state index contributed by atoms with van der Waals surface area (Å²) in [5, 5.41) is 23.7. The molecule has 0 aromatic carbocycles. The molecule has 0 aliphatic carbocycles. The van der Waals surface area contributed by atoms with Gasteiger partial charge in [-0.1, -0.05) is 27.7 Å². The Morgan fingerprint density at radius 1 is 0.826 bits per heavy atom. The van der Waals surface area contributed by atoms with E-state index in [1.807, 2.05) is 27.7 Å². The van der Waals surface area contributed by atoms with Crippen LogP contribution in [0.5, 0.6) is 0 Å². The molecule has 0 aromatic heterocycles. The molecule has 0 rings (SSSR count). The van der Waals surface area contributed by atoms with E-state index in [0.717, 1.165) is 0 Å². The summed E-state index contributed by atoms with van der Waals surface area (Å²) in [6.07, 6.45) is 1.35. The van der Waals surface area contributed by atoms with E-state index in [2.05, 4.69) is 10.6 Å². The largest absolute Gasteiger partial charge is 0.394 e. The number of aliphatic hydroxyl groups excluding tert-OH is 2. The summed E-state index contributed by atoms with van der Waals surface area (Å²) in [6.45, 7) is 7.28. The van der Waals surface area contributed by atoms with Gasteiger partial charge in [0.25, 0.3) is 0 Å². The minimum atomic E-state index is -0.363. The molecule has 2 atom stereocenters. The highest BCUT2D eigenvalue weighted by Gasteiger charge is 2.15. The highest BCUT2D eigenvalue weighted by Crippen LogP contribution is 2.04. The van der Waals surface area contributed by atoms with Crippen molar-refractivity contribution in [3.8, 4) is 0 Å². The van der Waals surface area contributed by atoms with Crippen LogP contribution < -0.4 is 10.6 Å². The van der Waals surface area contributed by atoms with Crippen LogP contribution in [-0.2, 0) is 14.3 Å². The van der Waals surface area contributed by atoms with E-state index in [9.17, 15) is 19.8 Å². The third-order valence-electron chi connectivity index (χ3n) is 3.15. The molecule has 0 bridgehead atoms. The second-order valence-electron chi connectivity index (χ2n) is 6.65. The molecule has 7 nitrogen and oxygen atoms in total. The van der Waals surface area contributed by atoms with Crippen LogP contribution in [0.3, 0.4) is 0 Å². The van der Waals surface area contributed by atoms with E-state index in [4.69, 9.17) is 4.74 Å². The van der Waals surface area contributed by atoms with Gasteiger partial charge in [0.1, 0.15) is 13.2 Å². The minimum Gasteiger partial charge on any atom is -0.394 e. The number of amides is 2. The molecule has 7 heteroatoms. The van der Waals surface area contributed by atoms with Crippen LogP contribution in [0, 0.1) is 11.8 Å². The smallest absolute Gasteiger partial charge is 0.246 e. The molecule has 136 valence electrons. The molecular formula is C16H32N2O5. The topological polar surface area (TPSA) is 108 Å². The summed E-state index contributed by atoms with van der Waals surface area (Å²) < 4.78 is 5.07. The van der Waals surface area contributed by atoms with E-state index in [0.29, 0.717) is 24.7 Å². The van der Waals surface area contributed by atoms with Gasteiger partial charge in [0, 0.05) is 0 Å². The standard InChI is InChI=1S/C16H32N2O5/c1-11(2)5-13(7-19)17-15(21)9-23-10-16(22)18-14(8-20)6-12(3)4/h11-14,19-20H,5-10H2,1-4H3,(H,17,21)(H,18,22)/t13-,14-/m0/s1. The van der Waals surface area contributed by atoms with Gasteiger partial charge in [-0.2, -0.15) is 0 Å². The van der Waals surface area contributed by atoms with Crippen LogP contribution in [0.4, 0.5) is 0 Å². The summed E-state index contributed by atoms with van der Waals surface area (Å²) in [5.41, 5.74) is 0. The van der Waals surface area contributed by atoms with Gasteiger partial charge in [-0.25, -0.2) is 0 Å². The Balaban J connectivity index is 3.99. The van der Waals surface area contributed by atoms with E-state index in [1.54, 1.807) is 0 Å². The number of nitrogens with one attached hydrogen (secondary N) is 2. The van der Waals surface area contributed by atoms with Crippen molar-refractivity contribution < 1.29 is 24.5 Å². The Kier molecular flexibility index (Phi) is 11.6. The Morgan fingerprint density at radius 3 is 1.43 bits per heavy atom. The fourth-order valence-corrected chi connectivity index (χ4v) is 2.27. The molecule has 0 saturated carbocycles. The third-order valence-corrected chi connectivity index (χ3v) is 3.15. The van der Waals surface area contributed by atoms with E-state index in [1.165, 1.54) is 0 Å². The van der Waals surface area contributed by atoms with Crippen molar-refractivity contribution in [2.75, 3.05) is 26.4 Å². The molecule has 0 fully saturated rings. The van der Waals surface area contributed by atoms with Crippen LogP contribution >= 0.6 is 0 Å². The van der Waals surface area contributed by atoms with Gasteiger partial charge in [0.05, 0.1) is 25.3 Å². The average Bonchev–Trinajstić information content (AvgIpc) is 2.44. The van der Waals surface area contributed by atoms with Gasteiger partial charge in [0.15, 0.2) is 0 Å². The molecular weight excluding hydrogens is 300 g/mol. The predicted molar refractivity (Wildman–Crippen MR) is 87.8 cm³/mol. The lowest BCUT2D eigenvalue weighted by molar-refractivity contribution is -0.132. The fourth-order valence-electron chi connectivity index (χ4n) is 2.27. The van der Waals surface area contributed by atoms with Crippen molar-refractivity contribution in [1.82, 2.24) is 10.6 Å². The third kappa shape index (κ3) is 12.0. The summed E-state index contributed by atoms with van der Waals surface area (Å²) in [7, 11) is 0. The zero-order valence-electron chi connectivity index (χ0n) is 14.7. The zero-order valence-corrected chi connectivity index (χ0v) is 14.7. The fraction of sp³-hybridized carbons (Fsp3) is 0.875. The maximum Gasteiger partial charge on any atom is 0.246 e. The van der Waals surface area contributed by atoms with E-state index < -0.39 is 0 Å². The van der Waals surface area contributed by atoms with Crippen molar-refractivity contribution in [2.45, 2.75) is 52.6 Å². The molecule has 4 N–H and O–H groups in total. The van der Waals surface area contributed by atoms with Gasteiger partial charge in [0.2, 0.25) is 11.8 Å². The summed E-state index contributed by atoms with van der Waals surface area (Å²) in [4.78, 5) is 23.4. The van der Waals surface area contributed by atoms with Gasteiger partial charge < -0.3 is 25.6 Å². The Labute approximate surface area is 138 Å². The Hall–Kier alpha value is -1.18. The predicted octanol–water partition coefficient (Wildman–Crippen LogP) is 0.0494. The number of ether oxygens (including phenoxy) is 1. The van der Waals surface area contributed by atoms with Crippen molar-refractivity contribution in [1.29, 1.82) is 0 Å². The molecule has 0 aliphatic heterocycles. The molecule has 0 heterocycles. The summed E-state index contributed by atoms with van der Waals surface area (Å²) >= 11 is 0. The summed E-state index contributed by atoms with van der Waals surface area (Å²) in [5.74, 6) is -0.0113. The monoisotopic (exact) mass is 332 g/mol. The number of rotatable bonds is 12. The molecule has 0 radical (unpaired) electrons. The minimum absolute atomic E-state index is 0.127. The maximum atomic E-state index is 11.7. The number of carbonyl (C=O) groups is 2. The molecule has 0 unspecified atom stereocenters. The first kappa shape index (κ1) is 21.8. The Morgan fingerprint density at radius 2 is 1.17 bits per heavy atom. The second kappa shape index (κ2) is 12.3. The van der Waals surface area contributed by atoms with Crippen LogP contribution in [0.1, 0.15) is 40.5 Å². The maximum absolute atomic E-state index is 11.7. The average molecular weight is 332 g/mol. The quantitative estimate of drug-likeness (QED) is 0.404. The van der Waals surface area contributed by atoms with Crippen molar-refractivity contribution in [3.05, 3.63) is 0 Å². The lowest BCUT2D eigenvalue weighted by atomic mass is 10.0. The lowest BCUT2D eigenvalue weighted by Gasteiger charge is -2.19. The second-order valence-corrected chi connectivity index (χ2v) is 6.65. The SMILES string of the molecule is CC(C)C[C@@H](CO)NC(=O)COCC(=O)N[C@H](CO)CC(C)C. The molecule has 0 spiro atoms. The number of hydrogen-bond donors (Lipinski definition) is 4. The molecule has 0 aromatic rings. The zero-order chi connectivity index (χ0) is 17.8. The number of hydrogen-bond acceptors (Lipinski definition) is 5. The first-order valence-electron chi connectivity index (χ1n) is 8.16. The van der Waals surface area contributed by atoms with E-state index in [-0.39, 0.29) is 50.3 Å². The number of carbonyl (C=O) groups excluding carboxylic acids is 2. The van der Waals surface area contributed by atoms with Gasteiger partial charge in [-0.05, 0) is 24.7 Å². The molecule has 0 saturated heterocycles. The van der Waals surface area contributed by atoms with Gasteiger partial charge >= 0.3 is 0 Å². The van der Waals surface area contributed by atoms with Crippen LogP contribution in [-0.4, -0.2) is 60.5 Å². The number of aliphatic hydroxyl groups is 2. The molecule has 23 heavy (non-hydrogen) atoms. The van der Waals surface area contributed by atoms with Gasteiger partial charge in [-0.3, -0.25) is 9.59 Å². The van der Waals surface area contributed by atoms with Crippen LogP contribution in [0.2, 0.25) is 0 Å². The first-order valence-corrected chi connectivity index (χ1v) is 8.16. The summed E-state index contributed by atoms with van der Waals surface area (Å²) in [6, 6.07) is -0.602. The highest BCUT2D eigenvalue weighted by atomic mass is 16.5. The van der Waals surface area contributed by atoms with Crippen LogP contribution in [0.25, 0.3) is 0 Å². The van der Waals surface area contributed by atoms with Crippen molar-refractivity contribution in [2.24, 2.45) is 11.8 Å². The highest BCUT2D eigenvalue weighted by molar-refractivity contribution is 5.79. The normalized spacial score (nSPS) is 13.9. The Bertz CT molecular complexity index is 315.